The summed E-state index contributed by atoms with van der Waals surface area (Å²) >= 11 is 0. The van der Waals surface area contributed by atoms with Crippen molar-refractivity contribution in [1.29, 1.82) is 0 Å². The summed E-state index contributed by atoms with van der Waals surface area (Å²) in [7, 11) is -4.02. The Morgan fingerprint density at radius 2 is 1.74 bits per heavy atom. The van der Waals surface area contributed by atoms with E-state index in [2.05, 4.69) is 0 Å². The zero-order valence-electron chi connectivity index (χ0n) is 17.8. The minimum Gasteiger partial charge on any atom is -0.451 e. The average Bonchev–Trinajstić information content (AvgIpc) is 2.74. The van der Waals surface area contributed by atoms with Crippen molar-refractivity contribution in [2.75, 3.05) is 31.2 Å². The molecule has 2 aromatic rings. The van der Waals surface area contributed by atoms with Gasteiger partial charge < -0.3 is 14.4 Å². The number of ether oxygens (including phenoxy) is 2. The SMILES string of the molecule is Cc1ccc(C(=O)C(C)OC(=O)c2cc(S(N)(=O)=O)ccc2N2CCOCC2)cc1C. The van der Waals surface area contributed by atoms with E-state index in [1.807, 2.05) is 24.8 Å². The number of esters is 1. The molecule has 1 heterocycles. The third kappa shape index (κ3) is 5.30. The monoisotopic (exact) mass is 446 g/mol. The second-order valence-corrected chi connectivity index (χ2v) is 9.10. The highest BCUT2D eigenvalue weighted by molar-refractivity contribution is 7.89. The maximum atomic E-state index is 13.0. The fraction of sp³-hybridized carbons (Fsp3) is 0.364. The molecule has 3 rings (SSSR count). The molecular weight excluding hydrogens is 420 g/mol. The molecule has 0 aromatic heterocycles. The molecule has 0 spiro atoms. The van der Waals surface area contributed by atoms with Crippen LogP contribution in [0.3, 0.4) is 0 Å². The highest BCUT2D eigenvalue weighted by Crippen LogP contribution is 2.26. The summed E-state index contributed by atoms with van der Waals surface area (Å²) in [6, 6.07) is 9.34. The Morgan fingerprint density at radius 3 is 2.35 bits per heavy atom. The van der Waals surface area contributed by atoms with Crippen LogP contribution in [0.25, 0.3) is 0 Å². The van der Waals surface area contributed by atoms with Gasteiger partial charge in [-0.2, -0.15) is 0 Å². The highest BCUT2D eigenvalue weighted by atomic mass is 32.2. The molecule has 1 aliphatic rings. The number of primary sulfonamides is 1. The number of nitrogens with two attached hydrogens (primary N) is 1. The molecule has 0 bridgehead atoms. The van der Waals surface area contributed by atoms with Gasteiger partial charge in [0.25, 0.3) is 0 Å². The highest BCUT2D eigenvalue weighted by Gasteiger charge is 2.26. The number of anilines is 1. The molecule has 166 valence electrons. The summed E-state index contributed by atoms with van der Waals surface area (Å²) in [5.74, 6) is -1.14. The molecule has 9 heteroatoms. The smallest absolute Gasteiger partial charge is 0.341 e. The van der Waals surface area contributed by atoms with Crippen molar-refractivity contribution in [2.45, 2.75) is 31.8 Å². The normalized spacial score (nSPS) is 15.4. The number of nitrogens with zero attached hydrogens (tertiary/aromatic N) is 1. The van der Waals surface area contributed by atoms with Crippen LogP contribution in [0.2, 0.25) is 0 Å². The molecule has 2 aromatic carbocycles. The quantitative estimate of drug-likeness (QED) is 0.534. The maximum Gasteiger partial charge on any atom is 0.341 e. The van der Waals surface area contributed by atoms with Crippen molar-refractivity contribution in [1.82, 2.24) is 0 Å². The average molecular weight is 447 g/mol. The second-order valence-electron chi connectivity index (χ2n) is 7.53. The van der Waals surface area contributed by atoms with Crippen molar-refractivity contribution >= 4 is 27.5 Å². The summed E-state index contributed by atoms with van der Waals surface area (Å²) < 4.78 is 34.4. The number of aryl methyl sites for hydroxylation is 2. The number of hydrogen-bond acceptors (Lipinski definition) is 7. The topological polar surface area (TPSA) is 116 Å². The molecule has 0 amide bonds. The van der Waals surface area contributed by atoms with Crippen LogP contribution in [0.5, 0.6) is 0 Å². The Kier molecular flexibility index (Phi) is 6.78. The van der Waals surface area contributed by atoms with Gasteiger partial charge in [-0.15, -0.1) is 0 Å². The van der Waals surface area contributed by atoms with Crippen LogP contribution in [0.1, 0.15) is 38.8 Å². The van der Waals surface area contributed by atoms with Crippen LogP contribution in [0, 0.1) is 13.8 Å². The van der Waals surface area contributed by atoms with Gasteiger partial charge in [-0.05, 0) is 56.2 Å². The van der Waals surface area contributed by atoms with Crippen LogP contribution in [0.15, 0.2) is 41.3 Å². The third-order valence-corrected chi connectivity index (χ3v) is 6.22. The van der Waals surface area contributed by atoms with Gasteiger partial charge in [0.05, 0.1) is 29.4 Å². The first-order valence-electron chi connectivity index (χ1n) is 9.90. The number of carbonyl (C=O) groups is 2. The van der Waals surface area contributed by atoms with E-state index in [9.17, 15) is 18.0 Å². The first kappa shape index (κ1) is 22.9. The lowest BCUT2D eigenvalue weighted by molar-refractivity contribution is 0.0318. The molecule has 2 N–H and O–H groups in total. The molecule has 0 saturated carbocycles. The van der Waals surface area contributed by atoms with Gasteiger partial charge >= 0.3 is 5.97 Å². The summed E-state index contributed by atoms with van der Waals surface area (Å²) in [4.78, 5) is 27.5. The summed E-state index contributed by atoms with van der Waals surface area (Å²) in [5.41, 5.74) is 2.99. The van der Waals surface area contributed by atoms with Crippen LogP contribution >= 0.6 is 0 Å². The number of hydrogen-bond donors (Lipinski definition) is 1. The lowest BCUT2D eigenvalue weighted by atomic mass is 10.0. The summed E-state index contributed by atoms with van der Waals surface area (Å²) in [6.07, 6.45) is -1.05. The van der Waals surface area contributed by atoms with E-state index in [-0.39, 0.29) is 16.2 Å². The standard InChI is InChI=1S/C22H26N2O6S/c1-14-4-5-17(12-15(14)2)21(25)16(3)30-22(26)19-13-18(31(23,27)28)6-7-20(19)24-8-10-29-11-9-24/h4-7,12-13,16H,8-11H2,1-3H3,(H2,23,27,28). The van der Waals surface area contributed by atoms with Gasteiger partial charge in [0.1, 0.15) is 0 Å². The fourth-order valence-corrected chi connectivity index (χ4v) is 3.88. The minimum absolute atomic E-state index is 0.0353. The van der Waals surface area contributed by atoms with Crippen LogP contribution < -0.4 is 10.0 Å². The number of ketones is 1. The number of morpholine rings is 1. The number of carbonyl (C=O) groups excluding carboxylic acids is 2. The van der Waals surface area contributed by atoms with E-state index in [0.717, 1.165) is 11.1 Å². The van der Waals surface area contributed by atoms with Gasteiger partial charge in [0, 0.05) is 18.7 Å². The van der Waals surface area contributed by atoms with E-state index in [0.29, 0.717) is 37.6 Å². The lowest BCUT2D eigenvalue weighted by Gasteiger charge is -2.30. The molecule has 8 nitrogen and oxygen atoms in total. The Bertz CT molecular complexity index is 1110. The summed E-state index contributed by atoms with van der Waals surface area (Å²) in [6.45, 7) is 7.36. The third-order valence-electron chi connectivity index (χ3n) is 5.31. The number of benzene rings is 2. The minimum atomic E-state index is -4.02. The maximum absolute atomic E-state index is 13.0. The zero-order chi connectivity index (χ0) is 22.8. The number of sulfonamides is 1. The first-order chi connectivity index (χ1) is 14.6. The molecule has 1 atom stereocenters. The molecule has 1 fully saturated rings. The molecule has 1 unspecified atom stereocenters. The number of Topliss-reactive ketones (excluding diaryl/α,β-unsaturated/α-hetero) is 1. The molecular formula is C22H26N2O6S. The van der Waals surface area contributed by atoms with Gasteiger partial charge in [-0.25, -0.2) is 18.4 Å². The molecule has 0 aliphatic carbocycles. The van der Waals surface area contributed by atoms with Gasteiger partial charge in [-0.1, -0.05) is 12.1 Å². The largest absolute Gasteiger partial charge is 0.451 e. The van der Waals surface area contributed by atoms with E-state index < -0.39 is 22.1 Å². The predicted octanol–water partition coefficient (Wildman–Crippen LogP) is 2.22. The Morgan fingerprint density at radius 1 is 1.06 bits per heavy atom. The van der Waals surface area contributed by atoms with Crippen LogP contribution in [-0.4, -0.2) is 52.6 Å². The zero-order valence-corrected chi connectivity index (χ0v) is 18.6. The predicted molar refractivity (Wildman–Crippen MR) is 116 cm³/mol. The van der Waals surface area contributed by atoms with Crippen molar-refractivity contribution in [3.05, 3.63) is 58.7 Å². The molecule has 1 aliphatic heterocycles. The van der Waals surface area contributed by atoms with Crippen molar-refractivity contribution < 1.29 is 27.5 Å². The van der Waals surface area contributed by atoms with Crippen molar-refractivity contribution in [3.63, 3.8) is 0 Å². The van der Waals surface area contributed by atoms with Crippen LogP contribution in [-0.2, 0) is 19.5 Å². The molecule has 31 heavy (non-hydrogen) atoms. The Hall–Kier alpha value is -2.75. The van der Waals surface area contributed by atoms with E-state index in [4.69, 9.17) is 14.6 Å². The van der Waals surface area contributed by atoms with Crippen molar-refractivity contribution in [2.24, 2.45) is 5.14 Å². The molecule has 1 saturated heterocycles. The van der Waals surface area contributed by atoms with Gasteiger partial charge in [-0.3, -0.25) is 4.79 Å². The van der Waals surface area contributed by atoms with E-state index >= 15 is 0 Å². The fourth-order valence-electron chi connectivity index (χ4n) is 3.34. The van der Waals surface area contributed by atoms with E-state index in [1.54, 1.807) is 12.1 Å². The summed E-state index contributed by atoms with van der Waals surface area (Å²) in [5, 5.41) is 5.24. The Labute approximate surface area is 182 Å². The molecule has 0 radical (unpaired) electrons. The van der Waals surface area contributed by atoms with E-state index in [1.165, 1.54) is 25.1 Å². The Balaban J connectivity index is 1.89. The van der Waals surface area contributed by atoms with Crippen molar-refractivity contribution in [3.8, 4) is 0 Å². The van der Waals surface area contributed by atoms with Crippen LogP contribution in [0.4, 0.5) is 5.69 Å². The second kappa shape index (κ2) is 9.17. The first-order valence-corrected chi connectivity index (χ1v) is 11.4. The van der Waals surface area contributed by atoms with Gasteiger partial charge in [0.2, 0.25) is 15.8 Å². The lowest BCUT2D eigenvalue weighted by Crippen LogP contribution is -2.37. The van der Waals surface area contributed by atoms with Gasteiger partial charge in [0.15, 0.2) is 6.10 Å². The number of rotatable bonds is 6.